The molecule has 0 aromatic heterocycles. The summed E-state index contributed by atoms with van der Waals surface area (Å²) in [6, 6.07) is 4.47. The molecule has 4 fully saturated rings. The van der Waals surface area contributed by atoms with Crippen molar-refractivity contribution in [2.24, 2.45) is 22.2 Å². The lowest BCUT2D eigenvalue weighted by molar-refractivity contribution is -0.144. The van der Waals surface area contributed by atoms with Gasteiger partial charge in [-0.25, -0.2) is 18.2 Å². The third-order valence-electron chi connectivity index (χ3n) is 9.88. The van der Waals surface area contributed by atoms with Crippen LogP contribution in [0.4, 0.5) is 4.79 Å². The number of hydrogen-bond acceptors (Lipinski definition) is 9. The van der Waals surface area contributed by atoms with Crippen molar-refractivity contribution in [2.75, 3.05) is 6.54 Å². The zero-order valence-electron chi connectivity index (χ0n) is 28.0. The highest BCUT2D eigenvalue weighted by atomic mass is 32.2. The molecule has 0 unspecified atom stereocenters. The van der Waals surface area contributed by atoms with Gasteiger partial charge in [-0.2, -0.15) is 0 Å². The summed E-state index contributed by atoms with van der Waals surface area (Å²) in [5, 5.41) is 7.73. The van der Waals surface area contributed by atoms with Crippen molar-refractivity contribution in [1.82, 2.24) is 25.6 Å². The van der Waals surface area contributed by atoms with Gasteiger partial charge in [0.2, 0.25) is 33.6 Å². The van der Waals surface area contributed by atoms with E-state index in [-0.39, 0.29) is 31.2 Å². The monoisotopic (exact) mass is 696 g/mol. The largest absolute Gasteiger partial charge is 0.414 e. The van der Waals surface area contributed by atoms with Crippen LogP contribution in [-0.2, 0) is 40.5 Å². The summed E-state index contributed by atoms with van der Waals surface area (Å²) in [5.41, 5.74) is -0.687. The first-order chi connectivity index (χ1) is 23.1. The van der Waals surface area contributed by atoms with Crippen LogP contribution in [0, 0.1) is 17.3 Å². The van der Waals surface area contributed by atoms with E-state index >= 15 is 0 Å². The molecule has 6 rings (SSSR count). The van der Waals surface area contributed by atoms with Crippen LogP contribution in [0.3, 0.4) is 0 Å². The minimum atomic E-state index is -3.90. The summed E-state index contributed by atoms with van der Waals surface area (Å²) < 4.78 is 32.9. The highest BCUT2D eigenvalue weighted by molar-refractivity contribution is 7.91. The zero-order chi connectivity index (χ0) is 35.3. The molecule has 264 valence electrons. The first-order valence-corrected chi connectivity index (χ1v) is 18.4. The Labute approximate surface area is 285 Å². The van der Waals surface area contributed by atoms with E-state index < -0.39 is 74.1 Å². The molecule has 3 saturated carbocycles. The second kappa shape index (κ2) is 12.9. The number of alkyl carbamates (subject to hydrolysis) is 1. The Balaban J connectivity index is 1.21. The van der Waals surface area contributed by atoms with E-state index in [2.05, 4.69) is 32.2 Å². The Morgan fingerprint density at radius 3 is 2.47 bits per heavy atom. The molecule has 3 aliphatic carbocycles. The van der Waals surface area contributed by atoms with E-state index in [1.54, 1.807) is 6.07 Å². The zero-order valence-corrected chi connectivity index (χ0v) is 28.8. The molecule has 14 nitrogen and oxygen atoms in total. The Bertz CT molecular complexity index is 1710. The number of nitrogens with zero attached hydrogens (tertiary/aromatic N) is 2. The first kappa shape index (κ1) is 34.6. The second-order valence-electron chi connectivity index (χ2n) is 14.9. The average molecular weight is 697 g/mol. The van der Waals surface area contributed by atoms with Crippen LogP contribution in [0.25, 0.3) is 0 Å². The molecule has 1 aromatic carbocycles. The molecule has 4 N–H and O–H groups in total. The van der Waals surface area contributed by atoms with E-state index in [1.165, 1.54) is 11.0 Å². The predicted molar refractivity (Wildman–Crippen MR) is 178 cm³/mol. The third-order valence-corrected chi connectivity index (χ3v) is 11.7. The highest BCUT2D eigenvalue weighted by Crippen LogP contribution is 2.45. The molecule has 1 saturated heterocycles. The number of nitrogens with one attached hydrogen (secondary N) is 4. The number of sulfonamides is 1. The van der Waals surface area contributed by atoms with Gasteiger partial charge < -0.3 is 25.6 Å². The summed E-state index contributed by atoms with van der Waals surface area (Å²) in [5.74, 6) is -2.40. The topological polar surface area (TPSA) is 192 Å². The van der Waals surface area contributed by atoms with E-state index in [4.69, 9.17) is 4.74 Å². The molecule has 0 radical (unpaired) electrons. The van der Waals surface area contributed by atoms with Gasteiger partial charge in [0.05, 0.1) is 17.8 Å². The SMILES string of the molecule is C=C[C@H]1C[C@]1(NC(=O)[C@@H]1C[C@@H](NC(=O)OC2=NCc3ccccc32)CN1C(=O)[C@@H](NC(=O)CC1CC1)C(C)(C)C)C(=O)NS(=O)(=O)C1CC1. The van der Waals surface area contributed by atoms with Crippen LogP contribution in [0.5, 0.6) is 0 Å². The van der Waals surface area contributed by atoms with Crippen LogP contribution < -0.4 is 20.7 Å². The standard InChI is InChI=1S/C34H44N6O8S/c1-5-21-16-34(21,31(44)39-49(46,47)23-12-13-23)38-28(42)25-15-22(36-32(45)48-29-24-9-7-6-8-20(24)17-35-29)18-40(25)30(43)27(33(2,3)4)37-26(41)14-19-10-11-19/h5-9,19,21-23,25,27H,1,10-18H2,2-4H3,(H,36,45)(H,37,41)(H,38,42)(H,39,44)/t21-,22+,25-,27+,34+/m0/s1. The quantitative estimate of drug-likeness (QED) is 0.251. The molecule has 2 aliphatic heterocycles. The fraction of sp³-hybridized carbons (Fsp3) is 0.588. The van der Waals surface area contributed by atoms with E-state index in [0.29, 0.717) is 37.3 Å². The fourth-order valence-electron chi connectivity index (χ4n) is 6.55. The maximum absolute atomic E-state index is 14.3. The predicted octanol–water partition coefficient (Wildman–Crippen LogP) is 1.64. The molecule has 1 aromatic rings. The van der Waals surface area contributed by atoms with Gasteiger partial charge in [0.25, 0.3) is 5.91 Å². The number of carbonyl (C=O) groups excluding carboxylic acids is 5. The average Bonchev–Trinajstić information content (AvgIpc) is 3.96. The summed E-state index contributed by atoms with van der Waals surface area (Å²) in [6.45, 7) is 9.46. The van der Waals surface area contributed by atoms with Gasteiger partial charge in [-0.15, -0.1) is 6.58 Å². The molecular weight excluding hydrogens is 652 g/mol. The molecule has 0 spiro atoms. The number of amides is 5. The van der Waals surface area contributed by atoms with Crippen molar-refractivity contribution < 1.29 is 37.1 Å². The second-order valence-corrected chi connectivity index (χ2v) is 16.9. The van der Waals surface area contributed by atoms with Gasteiger partial charge in [-0.3, -0.25) is 23.9 Å². The molecule has 0 bridgehead atoms. The highest BCUT2D eigenvalue weighted by Gasteiger charge is 2.62. The number of benzene rings is 1. The van der Waals surface area contributed by atoms with Gasteiger partial charge in [0.1, 0.15) is 17.6 Å². The van der Waals surface area contributed by atoms with Gasteiger partial charge in [0, 0.05) is 24.4 Å². The van der Waals surface area contributed by atoms with Crippen LogP contribution in [0.2, 0.25) is 0 Å². The van der Waals surface area contributed by atoms with Gasteiger partial charge in [-0.05, 0) is 61.5 Å². The number of hydrogen-bond donors (Lipinski definition) is 4. The van der Waals surface area contributed by atoms with Gasteiger partial charge >= 0.3 is 6.09 Å². The van der Waals surface area contributed by atoms with Crippen molar-refractivity contribution in [3.05, 3.63) is 48.0 Å². The normalized spacial score (nSPS) is 26.5. The molecule has 5 aliphatic rings. The lowest BCUT2D eigenvalue weighted by Gasteiger charge is -2.35. The van der Waals surface area contributed by atoms with Gasteiger partial charge in [0.15, 0.2) is 0 Å². The molecular formula is C34H44N6O8S. The number of likely N-dealkylation sites (tertiary alicyclic amines) is 1. The van der Waals surface area contributed by atoms with Gasteiger partial charge in [-0.1, -0.05) is 45.0 Å². The lowest BCUT2D eigenvalue weighted by atomic mass is 9.85. The Morgan fingerprint density at radius 1 is 1.12 bits per heavy atom. The number of aliphatic imine (C=N–C) groups is 1. The molecule has 15 heteroatoms. The third kappa shape index (κ3) is 7.51. The molecule has 49 heavy (non-hydrogen) atoms. The number of ether oxygens (including phenoxy) is 1. The van der Waals surface area contributed by atoms with Crippen LogP contribution in [-0.4, -0.2) is 84.4 Å². The van der Waals surface area contributed by atoms with Crippen molar-refractivity contribution >= 4 is 45.6 Å². The number of carbonyl (C=O) groups is 5. The minimum absolute atomic E-state index is 0.0283. The Morgan fingerprint density at radius 2 is 1.84 bits per heavy atom. The van der Waals surface area contributed by atoms with Crippen LogP contribution in [0.1, 0.15) is 76.8 Å². The summed E-state index contributed by atoms with van der Waals surface area (Å²) in [4.78, 5) is 73.3. The number of fused-ring (bicyclic) bond motifs is 1. The fourth-order valence-corrected chi connectivity index (χ4v) is 7.91. The maximum atomic E-state index is 14.3. The van der Waals surface area contributed by atoms with Crippen LogP contribution in [0.15, 0.2) is 41.9 Å². The summed E-state index contributed by atoms with van der Waals surface area (Å²) in [7, 11) is -3.90. The van der Waals surface area contributed by atoms with E-state index in [9.17, 15) is 32.4 Å². The minimum Gasteiger partial charge on any atom is -0.391 e. The molecule has 5 atom stereocenters. The molecule has 2 heterocycles. The van der Waals surface area contributed by atoms with E-state index in [1.807, 2.05) is 39.0 Å². The Kier molecular flexibility index (Phi) is 9.09. The van der Waals surface area contributed by atoms with Crippen molar-refractivity contribution in [2.45, 2.75) is 101 Å². The van der Waals surface area contributed by atoms with Crippen molar-refractivity contribution in [1.29, 1.82) is 0 Å². The Hall–Kier alpha value is -4.27. The lowest BCUT2D eigenvalue weighted by Crippen LogP contribution is -2.60. The smallest absolute Gasteiger partial charge is 0.391 e. The first-order valence-electron chi connectivity index (χ1n) is 16.8. The summed E-state index contributed by atoms with van der Waals surface area (Å²) in [6.07, 6.45) is 3.90. The molecule has 5 amide bonds. The summed E-state index contributed by atoms with van der Waals surface area (Å²) >= 11 is 0. The van der Waals surface area contributed by atoms with Crippen molar-refractivity contribution in [3.63, 3.8) is 0 Å². The maximum Gasteiger partial charge on any atom is 0.414 e. The number of rotatable bonds is 11. The van der Waals surface area contributed by atoms with Crippen molar-refractivity contribution in [3.8, 4) is 0 Å². The van der Waals surface area contributed by atoms with E-state index in [0.717, 1.165) is 18.4 Å². The van der Waals surface area contributed by atoms with Crippen LogP contribution >= 0.6 is 0 Å².